The molecular formula is C15H14N4O. The number of aromatic nitrogens is 1. The molecule has 0 radical (unpaired) electrons. The number of hydrogen-bond acceptors (Lipinski definition) is 4. The Labute approximate surface area is 117 Å². The summed E-state index contributed by atoms with van der Waals surface area (Å²) < 4.78 is 0. The molecule has 1 aromatic heterocycles. The van der Waals surface area contributed by atoms with E-state index >= 15 is 0 Å². The smallest absolute Gasteiger partial charge is 0.272 e. The number of nitrogens with two attached hydrogens (primary N) is 1. The predicted molar refractivity (Wildman–Crippen MR) is 75.6 cm³/mol. The molecule has 0 atom stereocenters. The van der Waals surface area contributed by atoms with Crippen LogP contribution in [0, 0.1) is 11.3 Å². The van der Waals surface area contributed by atoms with Crippen molar-refractivity contribution in [1.82, 2.24) is 9.88 Å². The molecule has 100 valence electrons. The Bertz CT molecular complexity index is 641. The molecule has 2 aromatic rings. The van der Waals surface area contributed by atoms with E-state index in [9.17, 15) is 4.79 Å². The average molecular weight is 266 g/mol. The zero-order valence-corrected chi connectivity index (χ0v) is 11.1. The van der Waals surface area contributed by atoms with Crippen LogP contribution in [0.1, 0.15) is 21.6 Å². The van der Waals surface area contributed by atoms with Gasteiger partial charge in [0.15, 0.2) is 0 Å². The molecule has 20 heavy (non-hydrogen) atoms. The minimum atomic E-state index is -0.189. The van der Waals surface area contributed by atoms with Crippen molar-refractivity contribution in [2.45, 2.75) is 6.54 Å². The molecule has 1 heterocycles. The van der Waals surface area contributed by atoms with E-state index in [1.54, 1.807) is 36.2 Å². The van der Waals surface area contributed by atoms with Crippen LogP contribution in [0.2, 0.25) is 0 Å². The van der Waals surface area contributed by atoms with Gasteiger partial charge in [-0.2, -0.15) is 5.26 Å². The van der Waals surface area contributed by atoms with Gasteiger partial charge in [-0.1, -0.05) is 12.1 Å². The van der Waals surface area contributed by atoms with Gasteiger partial charge in [0, 0.05) is 25.5 Å². The molecule has 0 spiro atoms. The number of nitrogen functional groups attached to an aromatic ring is 1. The maximum atomic E-state index is 12.2. The Morgan fingerprint density at radius 2 is 2.00 bits per heavy atom. The third kappa shape index (κ3) is 3.12. The van der Waals surface area contributed by atoms with Crippen molar-refractivity contribution >= 4 is 11.6 Å². The number of amides is 1. The molecule has 1 amide bonds. The second kappa shape index (κ2) is 5.85. The number of nitriles is 1. The van der Waals surface area contributed by atoms with Crippen LogP contribution in [-0.2, 0) is 6.54 Å². The summed E-state index contributed by atoms with van der Waals surface area (Å²) in [6, 6.07) is 12.5. The van der Waals surface area contributed by atoms with Crippen molar-refractivity contribution < 1.29 is 4.79 Å². The van der Waals surface area contributed by atoms with Gasteiger partial charge in [0.1, 0.15) is 11.8 Å². The van der Waals surface area contributed by atoms with Gasteiger partial charge in [0.25, 0.3) is 5.91 Å². The van der Waals surface area contributed by atoms with Gasteiger partial charge in [-0.05, 0) is 29.8 Å². The lowest BCUT2D eigenvalue weighted by atomic mass is 10.2. The van der Waals surface area contributed by atoms with E-state index in [2.05, 4.69) is 4.98 Å². The Balaban J connectivity index is 2.08. The zero-order valence-electron chi connectivity index (χ0n) is 11.1. The molecule has 5 heteroatoms. The maximum absolute atomic E-state index is 12.2. The van der Waals surface area contributed by atoms with Crippen molar-refractivity contribution in [2.75, 3.05) is 12.8 Å². The van der Waals surface area contributed by atoms with E-state index in [0.717, 1.165) is 5.56 Å². The average Bonchev–Trinajstić information content (AvgIpc) is 2.49. The molecule has 2 N–H and O–H groups in total. The Morgan fingerprint density at radius 3 is 2.55 bits per heavy atom. The zero-order chi connectivity index (χ0) is 14.5. The summed E-state index contributed by atoms with van der Waals surface area (Å²) in [5.41, 5.74) is 8.05. The molecule has 2 rings (SSSR count). The molecular weight excluding hydrogens is 252 g/mol. The van der Waals surface area contributed by atoms with E-state index in [0.29, 0.717) is 23.5 Å². The van der Waals surface area contributed by atoms with Crippen molar-refractivity contribution in [3.8, 4) is 6.07 Å². The van der Waals surface area contributed by atoms with Crippen LogP contribution in [0.15, 0.2) is 42.6 Å². The second-order valence-corrected chi connectivity index (χ2v) is 4.45. The number of benzene rings is 1. The second-order valence-electron chi connectivity index (χ2n) is 4.45. The van der Waals surface area contributed by atoms with Crippen LogP contribution < -0.4 is 5.73 Å². The monoisotopic (exact) mass is 266 g/mol. The normalized spacial score (nSPS) is 9.80. The largest absolute Gasteiger partial charge is 0.399 e. The number of rotatable bonds is 3. The summed E-state index contributed by atoms with van der Waals surface area (Å²) in [6.07, 6.45) is 1.39. The van der Waals surface area contributed by atoms with Crippen molar-refractivity contribution in [3.63, 3.8) is 0 Å². The van der Waals surface area contributed by atoms with Gasteiger partial charge in [0.05, 0.1) is 5.56 Å². The minimum absolute atomic E-state index is 0.189. The SMILES string of the molecule is CN(Cc1ccc(N)cc1)C(=O)c1ccc(C#N)cn1. The lowest BCUT2D eigenvalue weighted by Gasteiger charge is -2.16. The lowest BCUT2D eigenvalue weighted by molar-refractivity contribution is 0.0779. The van der Waals surface area contributed by atoms with Crippen LogP contribution in [0.3, 0.4) is 0 Å². The number of carbonyl (C=O) groups is 1. The van der Waals surface area contributed by atoms with Crippen LogP contribution in [0.5, 0.6) is 0 Å². The Hall–Kier alpha value is -2.87. The van der Waals surface area contributed by atoms with Gasteiger partial charge in [0.2, 0.25) is 0 Å². The van der Waals surface area contributed by atoms with Crippen LogP contribution >= 0.6 is 0 Å². The molecule has 0 unspecified atom stereocenters. The van der Waals surface area contributed by atoms with E-state index in [4.69, 9.17) is 11.0 Å². The van der Waals surface area contributed by atoms with E-state index in [1.807, 2.05) is 18.2 Å². The van der Waals surface area contributed by atoms with Gasteiger partial charge < -0.3 is 10.6 Å². The van der Waals surface area contributed by atoms with E-state index in [1.165, 1.54) is 6.20 Å². The highest BCUT2D eigenvalue weighted by atomic mass is 16.2. The Kier molecular flexibility index (Phi) is 3.96. The number of carbonyl (C=O) groups excluding carboxylic acids is 1. The molecule has 0 aliphatic rings. The molecule has 0 bridgehead atoms. The maximum Gasteiger partial charge on any atom is 0.272 e. The third-order valence-electron chi connectivity index (χ3n) is 2.86. The first kappa shape index (κ1) is 13.6. The topological polar surface area (TPSA) is 83.0 Å². The summed E-state index contributed by atoms with van der Waals surface area (Å²) in [7, 11) is 1.71. The Morgan fingerprint density at radius 1 is 1.30 bits per heavy atom. The van der Waals surface area contributed by atoms with Gasteiger partial charge in [-0.3, -0.25) is 4.79 Å². The molecule has 1 aromatic carbocycles. The molecule has 0 saturated heterocycles. The van der Waals surface area contributed by atoms with Gasteiger partial charge in [-0.15, -0.1) is 0 Å². The summed E-state index contributed by atoms with van der Waals surface area (Å²) in [5, 5.41) is 8.70. The fraction of sp³-hybridized carbons (Fsp3) is 0.133. The highest BCUT2D eigenvalue weighted by Crippen LogP contribution is 2.10. The summed E-state index contributed by atoms with van der Waals surface area (Å²) in [6.45, 7) is 0.473. The summed E-state index contributed by atoms with van der Waals surface area (Å²) in [5.74, 6) is -0.189. The lowest BCUT2D eigenvalue weighted by Crippen LogP contribution is -2.27. The predicted octanol–water partition coefficient (Wildman–Crippen LogP) is 1.81. The van der Waals surface area contributed by atoms with Crippen molar-refractivity contribution in [3.05, 3.63) is 59.4 Å². The fourth-order valence-electron chi connectivity index (χ4n) is 1.75. The quantitative estimate of drug-likeness (QED) is 0.859. The number of hydrogen-bond donors (Lipinski definition) is 1. The van der Waals surface area contributed by atoms with E-state index < -0.39 is 0 Å². The molecule has 0 aliphatic carbocycles. The molecule has 0 aliphatic heterocycles. The van der Waals surface area contributed by atoms with E-state index in [-0.39, 0.29) is 5.91 Å². The molecule has 0 saturated carbocycles. The standard InChI is InChI=1S/C15H14N4O/c1-19(10-11-2-5-13(17)6-3-11)15(20)14-7-4-12(8-16)9-18-14/h2-7,9H,10,17H2,1H3. The number of anilines is 1. The number of nitrogens with zero attached hydrogens (tertiary/aromatic N) is 3. The highest BCUT2D eigenvalue weighted by molar-refractivity contribution is 5.92. The van der Waals surface area contributed by atoms with Crippen molar-refractivity contribution in [1.29, 1.82) is 5.26 Å². The fourth-order valence-corrected chi connectivity index (χ4v) is 1.75. The minimum Gasteiger partial charge on any atom is -0.399 e. The molecule has 5 nitrogen and oxygen atoms in total. The van der Waals surface area contributed by atoms with Gasteiger partial charge in [-0.25, -0.2) is 4.98 Å². The van der Waals surface area contributed by atoms with Crippen LogP contribution in [0.25, 0.3) is 0 Å². The van der Waals surface area contributed by atoms with Gasteiger partial charge >= 0.3 is 0 Å². The van der Waals surface area contributed by atoms with Crippen LogP contribution in [0.4, 0.5) is 5.69 Å². The van der Waals surface area contributed by atoms with Crippen molar-refractivity contribution in [2.24, 2.45) is 0 Å². The van der Waals surface area contributed by atoms with Crippen LogP contribution in [-0.4, -0.2) is 22.8 Å². The number of pyridine rings is 1. The summed E-state index contributed by atoms with van der Waals surface area (Å²) in [4.78, 5) is 17.7. The highest BCUT2D eigenvalue weighted by Gasteiger charge is 2.13. The first-order valence-corrected chi connectivity index (χ1v) is 6.06. The first-order valence-electron chi connectivity index (χ1n) is 6.06. The first-order chi connectivity index (χ1) is 9.60. The summed E-state index contributed by atoms with van der Waals surface area (Å²) >= 11 is 0. The third-order valence-corrected chi connectivity index (χ3v) is 2.86. The molecule has 0 fully saturated rings.